The number of nitrogens with zero attached hydrogens (tertiary/aromatic N) is 1. The van der Waals surface area contributed by atoms with E-state index in [1.54, 1.807) is 0 Å². The zero-order chi connectivity index (χ0) is 16.1. The van der Waals surface area contributed by atoms with Gasteiger partial charge in [-0.15, -0.1) is 0 Å². The summed E-state index contributed by atoms with van der Waals surface area (Å²) in [6, 6.07) is 19.0. The Morgan fingerprint density at radius 1 is 0.957 bits per heavy atom. The monoisotopic (exact) mass is 327 g/mol. The third kappa shape index (κ3) is 4.15. The van der Waals surface area contributed by atoms with E-state index in [9.17, 15) is 4.21 Å². The highest BCUT2D eigenvalue weighted by atomic mass is 32.2. The number of aromatic nitrogens is 1. The van der Waals surface area contributed by atoms with Crippen LogP contribution in [0.3, 0.4) is 0 Å². The van der Waals surface area contributed by atoms with Gasteiger partial charge in [0.1, 0.15) is 11.5 Å². The molecule has 0 saturated heterocycles. The summed E-state index contributed by atoms with van der Waals surface area (Å²) in [6.45, 7) is 0.0176. The van der Waals surface area contributed by atoms with Gasteiger partial charge in [-0.3, -0.25) is 4.21 Å². The molecule has 3 aromatic rings. The fraction of sp³-hybridized carbons (Fsp3) is 0.167. The molecule has 1 unspecified atom stereocenters. The summed E-state index contributed by atoms with van der Waals surface area (Å²) in [5.74, 6) is 1.41. The fourth-order valence-corrected chi connectivity index (χ4v) is 3.38. The van der Waals surface area contributed by atoms with E-state index in [-0.39, 0.29) is 6.61 Å². The number of aliphatic hydroxyl groups excluding tert-OH is 1. The smallest absolute Gasteiger partial charge is 0.149 e. The summed E-state index contributed by atoms with van der Waals surface area (Å²) >= 11 is 0. The van der Waals surface area contributed by atoms with Gasteiger partial charge in [0, 0.05) is 28.2 Å². The van der Waals surface area contributed by atoms with Crippen molar-refractivity contribution in [3.8, 4) is 11.3 Å². The lowest BCUT2D eigenvalue weighted by atomic mass is 10.1. The molecule has 1 N–H and O–H groups in total. The van der Waals surface area contributed by atoms with E-state index in [2.05, 4.69) is 5.16 Å². The molecule has 1 heterocycles. The number of hydrogen-bond acceptors (Lipinski definition) is 4. The van der Waals surface area contributed by atoms with Gasteiger partial charge in [0.05, 0.1) is 12.4 Å². The average molecular weight is 327 g/mol. The highest BCUT2D eigenvalue weighted by molar-refractivity contribution is 7.83. The second kappa shape index (κ2) is 7.35. The van der Waals surface area contributed by atoms with Crippen molar-refractivity contribution in [2.24, 2.45) is 0 Å². The number of rotatable bonds is 6. The highest BCUT2D eigenvalue weighted by Gasteiger charge is 2.10. The average Bonchev–Trinajstić information content (AvgIpc) is 3.04. The Bertz CT molecular complexity index is 782. The standard InChI is InChI=1S/C18H17NO3S/c20-11-14-6-8-15(9-7-14)12-23(21)13-17-10-18(19-22-17)16-4-2-1-3-5-16/h1-10,20H,11-13H2. The molecule has 2 aromatic carbocycles. The molecule has 3 rings (SSSR count). The van der Waals surface area contributed by atoms with Crippen molar-refractivity contribution in [2.75, 3.05) is 0 Å². The van der Waals surface area contributed by atoms with Crippen LogP contribution < -0.4 is 0 Å². The normalized spacial score (nSPS) is 12.2. The van der Waals surface area contributed by atoms with Crippen molar-refractivity contribution < 1.29 is 13.8 Å². The summed E-state index contributed by atoms with van der Waals surface area (Å²) in [6.07, 6.45) is 0. The predicted molar refractivity (Wildman–Crippen MR) is 89.9 cm³/mol. The Labute approximate surface area is 137 Å². The minimum Gasteiger partial charge on any atom is -0.392 e. The maximum Gasteiger partial charge on any atom is 0.149 e. The molecule has 0 aliphatic heterocycles. The topological polar surface area (TPSA) is 63.3 Å². The lowest BCUT2D eigenvalue weighted by molar-refractivity contribution is 0.282. The lowest BCUT2D eigenvalue weighted by Gasteiger charge is -2.02. The molecule has 23 heavy (non-hydrogen) atoms. The Morgan fingerprint density at radius 2 is 1.65 bits per heavy atom. The third-order valence-corrected chi connectivity index (χ3v) is 4.73. The number of benzene rings is 2. The molecule has 118 valence electrons. The third-order valence-electron chi connectivity index (χ3n) is 3.46. The molecule has 0 saturated carbocycles. The molecule has 5 heteroatoms. The van der Waals surface area contributed by atoms with E-state index < -0.39 is 10.8 Å². The van der Waals surface area contributed by atoms with Crippen molar-refractivity contribution in [2.45, 2.75) is 18.1 Å². The molecule has 0 radical (unpaired) electrons. The van der Waals surface area contributed by atoms with Crippen LogP contribution in [-0.2, 0) is 28.9 Å². The molecular formula is C18H17NO3S. The summed E-state index contributed by atoms with van der Waals surface area (Å²) in [7, 11) is -1.07. The first-order valence-electron chi connectivity index (χ1n) is 7.29. The molecule has 4 nitrogen and oxygen atoms in total. The van der Waals surface area contributed by atoms with Crippen molar-refractivity contribution >= 4 is 10.8 Å². The zero-order valence-corrected chi connectivity index (χ0v) is 13.3. The van der Waals surface area contributed by atoms with Crippen LogP contribution in [0.4, 0.5) is 0 Å². The van der Waals surface area contributed by atoms with Crippen LogP contribution in [0, 0.1) is 0 Å². The molecule has 0 aliphatic rings. The fourth-order valence-electron chi connectivity index (χ4n) is 2.26. The van der Waals surface area contributed by atoms with Gasteiger partial charge in [0.15, 0.2) is 0 Å². The molecular weight excluding hydrogens is 310 g/mol. The Balaban J connectivity index is 1.63. The van der Waals surface area contributed by atoms with Gasteiger partial charge < -0.3 is 9.63 Å². The molecule has 1 atom stereocenters. The van der Waals surface area contributed by atoms with Crippen LogP contribution in [0.15, 0.2) is 65.2 Å². The summed E-state index contributed by atoms with van der Waals surface area (Å²) in [5, 5.41) is 13.1. The van der Waals surface area contributed by atoms with Gasteiger partial charge in [-0.1, -0.05) is 59.8 Å². The predicted octanol–water partition coefficient (Wildman–Crippen LogP) is 3.28. The first kappa shape index (κ1) is 15.6. The van der Waals surface area contributed by atoms with Crippen LogP contribution >= 0.6 is 0 Å². The minimum atomic E-state index is -1.07. The van der Waals surface area contributed by atoms with Crippen LogP contribution in [0.2, 0.25) is 0 Å². The largest absolute Gasteiger partial charge is 0.392 e. The van der Waals surface area contributed by atoms with E-state index in [1.807, 2.05) is 60.7 Å². The van der Waals surface area contributed by atoms with E-state index in [1.165, 1.54) is 0 Å². The van der Waals surface area contributed by atoms with Crippen LogP contribution in [-0.4, -0.2) is 14.5 Å². The minimum absolute atomic E-state index is 0.0176. The van der Waals surface area contributed by atoms with E-state index >= 15 is 0 Å². The van der Waals surface area contributed by atoms with E-state index in [0.717, 1.165) is 22.4 Å². The quantitative estimate of drug-likeness (QED) is 0.754. The van der Waals surface area contributed by atoms with Crippen LogP contribution in [0.1, 0.15) is 16.9 Å². The summed E-state index contributed by atoms with van der Waals surface area (Å²) < 4.78 is 17.5. The Hall–Kier alpha value is -2.24. The highest BCUT2D eigenvalue weighted by Crippen LogP contribution is 2.20. The van der Waals surface area contributed by atoms with Gasteiger partial charge in [0.2, 0.25) is 0 Å². The van der Waals surface area contributed by atoms with Crippen molar-refractivity contribution in [3.05, 3.63) is 77.6 Å². The molecule has 0 bridgehead atoms. The molecule has 0 aliphatic carbocycles. The van der Waals surface area contributed by atoms with Crippen molar-refractivity contribution in [1.82, 2.24) is 5.16 Å². The Morgan fingerprint density at radius 3 is 2.35 bits per heavy atom. The summed E-state index contributed by atoms with van der Waals surface area (Å²) in [5.41, 5.74) is 3.56. The van der Waals surface area contributed by atoms with Gasteiger partial charge >= 0.3 is 0 Å². The molecule has 1 aromatic heterocycles. The molecule has 0 amide bonds. The molecule has 0 spiro atoms. The van der Waals surface area contributed by atoms with E-state index in [4.69, 9.17) is 9.63 Å². The molecule has 0 fully saturated rings. The Kier molecular flexibility index (Phi) is 5.00. The zero-order valence-electron chi connectivity index (χ0n) is 12.5. The maximum absolute atomic E-state index is 12.3. The van der Waals surface area contributed by atoms with Gasteiger partial charge in [-0.2, -0.15) is 0 Å². The number of hydrogen-bond donors (Lipinski definition) is 1. The second-order valence-electron chi connectivity index (χ2n) is 5.25. The lowest BCUT2D eigenvalue weighted by Crippen LogP contribution is -1.99. The maximum atomic E-state index is 12.3. The van der Waals surface area contributed by atoms with Gasteiger partial charge in [0.25, 0.3) is 0 Å². The first-order chi connectivity index (χ1) is 11.2. The van der Waals surface area contributed by atoms with Crippen molar-refractivity contribution in [3.63, 3.8) is 0 Å². The van der Waals surface area contributed by atoms with Crippen molar-refractivity contribution in [1.29, 1.82) is 0 Å². The number of aliphatic hydroxyl groups is 1. The van der Waals surface area contributed by atoms with E-state index in [0.29, 0.717) is 17.3 Å². The first-order valence-corrected chi connectivity index (χ1v) is 8.78. The second-order valence-corrected chi connectivity index (χ2v) is 6.70. The van der Waals surface area contributed by atoms with Crippen LogP contribution in [0.5, 0.6) is 0 Å². The SMILES string of the molecule is O=S(Cc1ccc(CO)cc1)Cc1cc(-c2ccccc2)no1. The summed E-state index contributed by atoms with van der Waals surface area (Å²) in [4.78, 5) is 0. The van der Waals surface area contributed by atoms with Gasteiger partial charge in [-0.25, -0.2) is 0 Å². The van der Waals surface area contributed by atoms with Crippen LogP contribution in [0.25, 0.3) is 11.3 Å². The van der Waals surface area contributed by atoms with Gasteiger partial charge in [-0.05, 0) is 11.1 Å².